The van der Waals surface area contributed by atoms with Crippen molar-refractivity contribution >= 4 is 5.69 Å². The Balaban J connectivity index is 2.17. The summed E-state index contributed by atoms with van der Waals surface area (Å²) in [6.45, 7) is 5.77. The fourth-order valence-electron chi connectivity index (χ4n) is 1.94. The van der Waals surface area contributed by atoms with Gasteiger partial charge in [0.05, 0.1) is 18.4 Å². The number of rotatable bonds is 5. The molecule has 0 aliphatic rings. The highest BCUT2D eigenvalue weighted by molar-refractivity contribution is 5.38. The van der Waals surface area contributed by atoms with Crippen molar-refractivity contribution in [2.75, 3.05) is 18.4 Å². The van der Waals surface area contributed by atoms with Crippen LogP contribution in [0.15, 0.2) is 35.3 Å². The third-order valence-electron chi connectivity index (χ3n) is 3.25. The molecule has 3 N–H and O–H groups in total. The van der Waals surface area contributed by atoms with Crippen molar-refractivity contribution in [2.24, 2.45) is 5.73 Å². The Morgan fingerprint density at radius 3 is 2.70 bits per heavy atom. The fourth-order valence-corrected chi connectivity index (χ4v) is 1.94. The second-order valence-corrected chi connectivity index (χ2v) is 4.87. The number of nitrogens with zero attached hydrogens (tertiary/aromatic N) is 2. The molecule has 5 nitrogen and oxygen atoms in total. The Kier molecular flexibility index (Phi) is 4.53. The molecule has 1 aromatic carbocycles. The van der Waals surface area contributed by atoms with Gasteiger partial charge in [-0.2, -0.15) is 5.10 Å². The summed E-state index contributed by atoms with van der Waals surface area (Å²) in [5.41, 5.74) is 9.53. The summed E-state index contributed by atoms with van der Waals surface area (Å²) >= 11 is 0. The van der Waals surface area contributed by atoms with Crippen LogP contribution in [0.3, 0.4) is 0 Å². The summed E-state index contributed by atoms with van der Waals surface area (Å²) in [5, 5.41) is 7.22. The first-order chi connectivity index (χ1) is 9.60. The third-order valence-corrected chi connectivity index (χ3v) is 3.25. The number of benzene rings is 1. The van der Waals surface area contributed by atoms with Gasteiger partial charge < -0.3 is 11.1 Å². The highest BCUT2D eigenvalue weighted by Gasteiger charge is 2.02. The molecule has 0 aliphatic heterocycles. The Hall–Kier alpha value is -2.14. The first-order valence-electron chi connectivity index (χ1n) is 6.67. The summed E-state index contributed by atoms with van der Waals surface area (Å²) in [4.78, 5) is 12.0. The lowest BCUT2D eigenvalue weighted by atomic mass is 10.1. The van der Waals surface area contributed by atoms with E-state index in [1.165, 1.54) is 15.8 Å². The van der Waals surface area contributed by atoms with E-state index in [1.807, 2.05) is 6.07 Å². The van der Waals surface area contributed by atoms with Crippen molar-refractivity contribution in [3.8, 4) is 0 Å². The Morgan fingerprint density at radius 2 is 2.05 bits per heavy atom. The van der Waals surface area contributed by atoms with Gasteiger partial charge in [0.15, 0.2) is 0 Å². The smallest absolute Gasteiger partial charge is 0.269 e. The molecule has 20 heavy (non-hydrogen) atoms. The molecule has 0 amide bonds. The van der Waals surface area contributed by atoms with Crippen molar-refractivity contribution in [3.63, 3.8) is 0 Å². The molecule has 0 aliphatic carbocycles. The molecule has 0 bridgehead atoms. The predicted octanol–water partition coefficient (Wildman–Crippen LogP) is 1.28. The number of hydrogen-bond acceptors (Lipinski definition) is 4. The maximum atomic E-state index is 12.0. The molecule has 2 rings (SSSR count). The molecular formula is C15H20N4O. The largest absolute Gasteiger partial charge is 0.382 e. The predicted molar refractivity (Wildman–Crippen MR) is 81.1 cm³/mol. The molecule has 1 heterocycles. The first kappa shape index (κ1) is 14.3. The van der Waals surface area contributed by atoms with E-state index in [2.05, 4.69) is 36.4 Å². The van der Waals surface area contributed by atoms with Crippen LogP contribution in [0.4, 0.5) is 5.69 Å². The minimum Gasteiger partial charge on any atom is -0.382 e. The zero-order valence-electron chi connectivity index (χ0n) is 11.9. The van der Waals surface area contributed by atoms with Crippen LogP contribution in [-0.2, 0) is 6.54 Å². The van der Waals surface area contributed by atoms with Crippen molar-refractivity contribution in [2.45, 2.75) is 20.4 Å². The van der Waals surface area contributed by atoms with Gasteiger partial charge in [0.25, 0.3) is 5.56 Å². The van der Waals surface area contributed by atoms with Gasteiger partial charge in [0.1, 0.15) is 0 Å². The Morgan fingerprint density at radius 1 is 1.25 bits per heavy atom. The summed E-state index contributed by atoms with van der Waals surface area (Å²) in [6.07, 6.45) is 1.65. The Labute approximate surface area is 118 Å². The standard InChI is InChI=1S/C15H20N4O/c1-11-3-4-13(7-12(11)2)10-19-15(20)8-14(9-18-19)17-6-5-16/h3-4,7-9,17H,5-6,10,16H2,1-2H3. The van der Waals surface area contributed by atoms with Gasteiger partial charge in [0, 0.05) is 19.2 Å². The van der Waals surface area contributed by atoms with Crippen LogP contribution in [-0.4, -0.2) is 22.9 Å². The molecule has 0 unspecified atom stereocenters. The van der Waals surface area contributed by atoms with Crippen LogP contribution < -0.4 is 16.6 Å². The minimum atomic E-state index is -0.120. The average Bonchev–Trinajstić information content (AvgIpc) is 2.43. The quantitative estimate of drug-likeness (QED) is 0.860. The molecule has 0 spiro atoms. The second kappa shape index (κ2) is 6.34. The third kappa shape index (κ3) is 3.45. The van der Waals surface area contributed by atoms with E-state index in [0.29, 0.717) is 25.3 Å². The monoisotopic (exact) mass is 272 g/mol. The molecular weight excluding hydrogens is 252 g/mol. The SMILES string of the molecule is Cc1ccc(Cn2ncc(NCCN)cc2=O)cc1C. The molecule has 0 saturated carbocycles. The summed E-state index contributed by atoms with van der Waals surface area (Å²) in [6, 6.07) is 7.72. The van der Waals surface area contributed by atoms with Crippen LogP contribution in [0.2, 0.25) is 0 Å². The lowest BCUT2D eigenvalue weighted by molar-refractivity contribution is 0.639. The van der Waals surface area contributed by atoms with E-state index in [0.717, 1.165) is 5.56 Å². The van der Waals surface area contributed by atoms with Crippen LogP contribution in [0.1, 0.15) is 16.7 Å². The maximum Gasteiger partial charge on any atom is 0.269 e. The number of nitrogens with two attached hydrogens (primary N) is 1. The molecule has 0 radical (unpaired) electrons. The van der Waals surface area contributed by atoms with Gasteiger partial charge in [-0.1, -0.05) is 18.2 Å². The van der Waals surface area contributed by atoms with Crippen molar-refractivity contribution < 1.29 is 0 Å². The molecule has 2 aromatic rings. The van der Waals surface area contributed by atoms with Gasteiger partial charge in [0.2, 0.25) is 0 Å². The number of hydrogen-bond donors (Lipinski definition) is 2. The normalized spacial score (nSPS) is 10.6. The van der Waals surface area contributed by atoms with Crippen molar-refractivity contribution in [1.29, 1.82) is 0 Å². The molecule has 1 aromatic heterocycles. The van der Waals surface area contributed by atoms with E-state index < -0.39 is 0 Å². The van der Waals surface area contributed by atoms with E-state index in [4.69, 9.17) is 5.73 Å². The second-order valence-electron chi connectivity index (χ2n) is 4.87. The van der Waals surface area contributed by atoms with Gasteiger partial charge in [-0.3, -0.25) is 4.79 Å². The fraction of sp³-hybridized carbons (Fsp3) is 0.333. The lowest BCUT2D eigenvalue weighted by Crippen LogP contribution is -2.24. The van der Waals surface area contributed by atoms with E-state index in [9.17, 15) is 4.79 Å². The van der Waals surface area contributed by atoms with Gasteiger partial charge >= 0.3 is 0 Å². The number of nitrogens with one attached hydrogen (secondary N) is 1. The molecule has 0 saturated heterocycles. The minimum absolute atomic E-state index is 0.120. The highest BCUT2D eigenvalue weighted by Crippen LogP contribution is 2.10. The summed E-state index contributed by atoms with van der Waals surface area (Å²) in [5.74, 6) is 0. The zero-order chi connectivity index (χ0) is 14.5. The molecule has 0 fully saturated rings. The average molecular weight is 272 g/mol. The molecule has 0 atom stereocenters. The van der Waals surface area contributed by atoms with E-state index in [1.54, 1.807) is 12.3 Å². The molecule has 5 heteroatoms. The lowest BCUT2D eigenvalue weighted by Gasteiger charge is -2.09. The van der Waals surface area contributed by atoms with Crippen LogP contribution in [0.5, 0.6) is 0 Å². The maximum absolute atomic E-state index is 12.0. The van der Waals surface area contributed by atoms with Crippen LogP contribution in [0, 0.1) is 13.8 Å². The van der Waals surface area contributed by atoms with Crippen molar-refractivity contribution in [3.05, 3.63) is 57.5 Å². The topological polar surface area (TPSA) is 72.9 Å². The summed E-state index contributed by atoms with van der Waals surface area (Å²) in [7, 11) is 0. The van der Waals surface area contributed by atoms with Gasteiger partial charge in [-0.05, 0) is 30.5 Å². The Bertz CT molecular complexity index is 649. The highest BCUT2D eigenvalue weighted by atomic mass is 16.1. The zero-order valence-corrected chi connectivity index (χ0v) is 11.9. The van der Waals surface area contributed by atoms with Crippen LogP contribution >= 0.6 is 0 Å². The summed E-state index contributed by atoms with van der Waals surface area (Å²) < 4.78 is 1.46. The van der Waals surface area contributed by atoms with E-state index >= 15 is 0 Å². The first-order valence-corrected chi connectivity index (χ1v) is 6.67. The van der Waals surface area contributed by atoms with Gasteiger partial charge in [-0.25, -0.2) is 4.68 Å². The van der Waals surface area contributed by atoms with E-state index in [-0.39, 0.29) is 5.56 Å². The number of aryl methyl sites for hydroxylation is 2. The van der Waals surface area contributed by atoms with Gasteiger partial charge in [-0.15, -0.1) is 0 Å². The molecule has 106 valence electrons. The number of aromatic nitrogens is 2. The van der Waals surface area contributed by atoms with Crippen LogP contribution in [0.25, 0.3) is 0 Å². The number of anilines is 1. The van der Waals surface area contributed by atoms with Crippen molar-refractivity contribution in [1.82, 2.24) is 9.78 Å².